The number of hydrogen-bond donors (Lipinski definition) is 0. The highest BCUT2D eigenvalue weighted by molar-refractivity contribution is 5.77. The maximum Gasteiger partial charge on any atom is 0.213 e. The first-order chi connectivity index (χ1) is 15.5. The molecule has 0 aliphatic carbocycles. The molecular weight excluding hydrogens is 400 g/mol. The van der Waals surface area contributed by atoms with Crippen molar-refractivity contribution in [3.05, 3.63) is 60.7 Å². The second kappa shape index (κ2) is 9.39. The minimum Gasteiger partial charge on any atom is -0.497 e. The average Bonchev–Trinajstić information content (AvgIpc) is 2.84. The first-order valence-electron chi connectivity index (χ1n) is 11.0. The van der Waals surface area contributed by atoms with E-state index in [0.717, 1.165) is 42.3 Å². The molecule has 1 aliphatic heterocycles. The second-order valence-corrected chi connectivity index (χ2v) is 8.35. The summed E-state index contributed by atoms with van der Waals surface area (Å²) in [6.07, 6.45) is 0. The van der Waals surface area contributed by atoms with Crippen LogP contribution in [0.1, 0.15) is 6.92 Å². The summed E-state index contributed by atoms with van der Waals surface area (Å²) in [6, 6.07) is 21.3. The number of benzene rings is 2. The van der Waals surface area contributed by atoms with E-state index in [1.807, 2.05) is 32.3 Å². The Hall–Kier alpha value is -3.41. The Labute approximate surface area is 191 Å². The zero-order valence-electron chi connectivity index (χ0n) is 19.6. The Morgan fingerprint density at radius 1 is 0.875 bits per heavy atom. The third-order valence-electron chi connectivity index (χ3n) is 6.09. The fourth-order valence-electron chi connectivity index (χ4n) is 4.25. The van der Waals surface area contributed by atoms with Crippen LogP contribution in [0.15, 0.2) is 60.7 Å². The monoisotopic (exact) mass is 432 g/mol. The number of aromatic nitrogens is 1. The van der Waals surface area contributed by atoms with Gasteiger partial charge in [0.1, 0.15) is 5.75 Å². The van der Waals surface area contributed by atoms with Gasteiger partial charge in [0.15, 0.2) is 0 Å². The largest absolute Gasteiger partial charge is 0.497 e. The van der Waals surface area contributed by atoms with Crippen LogP contribution in [0.5, 0.6) is 11.6 Å². The Bertz CT molecular complexity index is 1030. The fraction of sp³-hybridized carbons (Fsp3) is 0.346. The van der Waals surface area contributed by atoms with E-state index in [2.05, 4.69) is 64.1 Å². The molecule has 1 aliphatic rings. The van der Waals surface area contributed by atoms with Gasteiger partial charge in [0.05, 0.1) is 25.6 Å². The van der Waals surface area contributed by atoms with Crippen LogP contribution in [-0.2, 0) is 0 Å². The van der Waals surface area contributed by atoms with Crippen LogP contribution >= 0.6 is 0 Å². The highest BCUT2D eigenvalue weighted by Gasteiger charge is 2.27. The Morgan fingerprint density at radius 3 is 2.19 bits per heavy atom. The quantitative estimate of drug-likeness (QED) is 0.569. The van der Waals surface area contributed by atoms with E-state index in [1.165, 1.54) is 11.4 Å². The third kappa shape index (κ3) is 4.44. The Kier molecular flexibility index (Phi) is 6.40. The van der Waals surface area contributed by atoms with Crippen molar-refractivity contribution in [2.24, 2.45) is 0 Å². The first kappa shape index (κ1) is 21.8. The molecule has 32 heavy (non-hydrogen) atoms. The van der Waals surface area contributed by atoms with E-state index < -0.39 is 0 Å². The summed E-state index contributed by atoms with van der Waals surface area (Å²) in [7, 11) is 7.46. The standard InChI is InChI=1S/C26H32N4O2/c1-19-18-29(22-10-12-23(31-4)13-11-22)16-17-30(19)24-14-15-25(32-5)27-26(24)20-6-8-21(9-7-20)28(2)3/h6-15,19H,16-18H2,1-5H3. The zero-order chi connectivity index (χ0) is 22.7. The van der Waals surface area contributed by atoms with Gasteiger partial charge in [0, 0.05) is 62.8 Å². The highest BCUT2D eigenvalue weighted by atomic mass is 16.5. The number of nitrogens with zero attached hydrogens (tertiary/aromatic N) is 4. The lowest BCUT2D eigenvalue weighted by Gasteiger charge is -2.42. The summed E-state index contributed by atoms with van der Waals surface area (Å²) in [5, 5.41) is 0. The molecule has 4 rings (SSSR count). The van der Waals surface area contributed by atoms with Gasteiger partial charge in [-0.05, 0) is 49.4 Å². The smallest absolute Gasteiger partial charge is 0.213 e. The molecule has 6 heteroatoms. The number of ether oxygens (including phenoxy) is 2. The van der Waals surface area contributed by atoms with Crippen LogP contribution in [0.25, 0.3) is 11.3 Å². The molecule has 1 fully saturated rings. The molecule has 3 aromatic rings. The summed E-state index contributed by atoms with van der Waals surface area (Å²) in [4.78, 5) is 11.8. The molecule has 0 radical (unpaired) electrons. The van der Waals surface area contributed by atoms with Gasteiger partial charge in [-0.2, -0.15) is 0 Å². The van der Waals surface area contributed by atoms with E-state index in [0.29, 0.717) is 11.9 Å². The SMILES string of the molecule is COc1ccc(N2CCN(c3ccc(OC)nc3-c3ccc(N(C)C)cc3)C(C)C2)cc1. The summed E-state index contributed by atoms with van der Waals surface area (Å²) < 4.78 is 10.7. The normalized spacial score (nSPS) is 16.1. The number of rotatable bonds is 6. The van der Waals surface area contributed by atoms with Crippen molar-refractivity contribution < 1.29 is 9.47 Å². The van der Waals surface area contributed by atoms with E-state index >= 15 is 0 Å². The molecular formula is C26H32N4O2. The fourth-order valence-corrected chi connectivity index (χ4v) is 4.25. The summed E-state index contributed by atoms with van der Waals surface area (Å²) in [5.74, 6) is 1.51. The predicted octanol–water partition coefficient (Wildman–Crippen LogP) is 4.55. The maximum absolute atomic E-state index is 5.44. The van der Waals surface area contributed by atoms with Gasteiger partial charge in [-0.25, -0.2) is 4.98 Å². The van der Waals surface area contributed by atoms with Crippen LogP contribution in [0.3, 0.4) is 0 Å². The van der Waals surface area contributed by atoms with Gasteiger partial charge in [-0.15, -0.1) is 0 Å². The predicted molar refractivity (Wildman–Crippen MR) is 133 cm³/mol. The average molecular weight is 433 g/mol. The second-order valence-electron chi connectivity index (χ2n) is 8.35. The van der Waals surface area contributed by atoms with Crippen molar-refractivity contribution in [1.82, 2.24) is 4.98 Å². The number of anilines is 3. The minimum atomic E-state index is 0.334. The molecule has 0 spiro atoms. The zero-order valence-corrected chi connectivity index (χ0v) is 19.6. The van der Waals surface area contributed by atoms with Crippen molar-refractivity contribution in [3.63, 3.8) is 0 Å². The van der Waals surface area contributed by atoms with Gasteiger partial charge >= 0.3 is 0 Å². The maximum atomic E-state index is 5.44. The molecule has 1 saturated heterocycles. The Balaban J connectivity index is 1.60. The van der Waals surface area contributed by atoms with Gasteiger partial charge in [0.2, 0.25) is 5.88 Å². The molecule has 2 aromatic carbocycles. The van der Waals surface area contributed by atoms with Crippen molar-refractivity contribution in [2.45, 2.75) is 13.0 Å². The lowest BCUT2D eigenvalue weighted by molar-refractivity contribution is 0.398. The van der Waals surface area contributed by atoms with Gasteiger partial charge in [-0.1, -0.05) is 12.1 Å². The number of piperazine rings is 1. The molecule has 0 amide bonds. The van der Waals surface area contributed by atoms with Crippen molar-refractivity contribution in [3.8, 4) is 22.9 Å². The minimum absolute atomic E-state index is 0.334. The summed E-state index contributed by atoms with van der Waals surface area (Å²) in [5.41, 5.74) is 5.59. The number of pyridine rings is 1. The van der Waals surface area contributed by atoms with Gasteiger partial charge in [0.25, 0.3) is 0 Å². The summed E-state index contributed by atoms with van der Waals surface area (Å²) in [6.45, 7) is 5.09. The molecule has 0 saturated carbocycles. The van der Waals surface area contributed by atoms with Gasteiger partial charge < -0.3 is 24.2 Å². The molecule has 6 nitrogen and oxygen atoms in total. The number of methoxy groups -OCH3 is 2. The molecule has 2 heterocycles. The van der Waals surface area contributed by atoms with E-state index in [9.17, 15) is 0 Å². The summed E-state index contributed by atoms with van der Waals surface area (Å²) >= 11 is 0. The van der Waals surface area contributed by atoms with Crippen LogP contribution in [0.2, 0.25) is 0 Å². The molecule has 1 atom stereocenters. The van der Waals surface area contributed by atoms with Crippen molar-refractivity contribution in [2.75, 3.05) is 62.6 Å². The van der Waals surface area contributed by atoms with E-state index in [-0.39, 0.29) is 0 Å². The molecule has 1 unspecified atom stereocenters. The molecule has 0 N–H and O–H groups in total. The van der Waals surface area contributed by atoms with Crippen molar-refractivity contribution in [1.29, 1.82) is 0 Å². The van der Waals surface area contributed by atoms with E-state index in [1.54, 1.807) is 14.2 Å². The highest BCUT2D eigenvalue weighted by Crippen LogP contribution is 2.35. The van der Waals surface area contributed by atoms with Crippen LogP contribution < -0.4 is 24.2 Å². The van der Waals surface area contributed by atoms with Crippen LogP contribution in [0.4, 0.5) is 17.1 Å². The lowest BCUT2D eigenvalue weighted by Crippen LogP contribution is -2.52. The molecule has 0 bridgehead atoms. The van der Waals surface area contributed by atoms with Crippen molar-refractivity contribution >= 4 is 17.1 Å². The topological polar surface area (TPSA) is 41.1 Å². The molecule has 1 aromatic heterocycles. The Morgan fingerprint density at radius 2 is 1.59 bits per heavy atom. The third-order valence-corrected chi connectivity index (χ3v) is 6.09. The number of hydrogen-bond acceptors (Lipinski definition) is 6. The van der Waals surface area contributed by atoms with E-state index in [4.69, 9.17) is 14.5 Å². The van der Waals surface area contributed by atoms with Gasteiger partial charge in [-0.3, -0.25) is 0 Å². The van der Waals surface area contributed by atoms with Crippen LogP contribution in [-0.4, -0.2) is 59.0 Å². The first-order valence-corrected chi connectivity index (χ1v) is 11.0. The molecule has 168 valence electrons. The lowest BCUT2D eigenvalue weighted by atomic mass is 10.1. The van der Waals surface area contributed by atoms with Crippen LogP contribution in [0, 0.1) is 0 Å².